The van der Waals surface area contributed by atoms with Gasteiger partial charge in [0.25, 0.3) is 0 Å². The zero-order valence-corrected chi connectivity index (χ0v) is 12.3. The number of piperidine rings is 1. The number of ether oxygens (including phenoxy) is 1. The molecule has 1 N–H and O–H groups in total. The first-order valence-electron chi connectivity index (χ1n) is 7.58. The largest absolute Gasteiger partial charge is 0.374 e. The van der Waals surface area contributed by atoms with Gasteiger partial charge in [-0.3, -0.25) is 4.79 Å². The van der Waals surface area contributed by atoms with Gasteiger partial charge in [-0.1, -0.05) is 0 Å². The van der Waals surface area contributed by atoms with Crippen LogP contribution >= 0.6 is 11.8 Å². The van der Waals surface area contributed by atoms with Crippen molar-refractivity contribution in [1.29, 1.82) is 0 Å². The zero-order valence-electron chi connectivity index (χ0n) is 11.5. The molecule has 1 saturated carbocycles. The fraction of sp³-hybridized carbons (Fsp3) is 0.929. The van der Waals surface area contributed by atoms with Crippen LogP contribution in [0.2, 0.25) is 0 Å². The lowest BCUT2D eigenvalue weighted by Gasteiger charge is -2.38. The summed E-state index contributed by atoms with van der Waals surface area (Å²) < 4.78 is 5.77. The highest BCUT2D eigenvalue weighted by Gasteiger charge is 2.38. The molecule has 2 atom stereocenters. The second kappa shape index (κ2) is 6.46. The van der Waals surface area contributed by atoms with Gasteiger partial charge >= 0.3 is 0 Å². The van der Waals surface area contributed by atoms with Crippen molar-refractivity contribution >= 4 is 17.7 Å². The lowest BCUT2D eigenvalue weighted by Crippen LogP contribution is -2.52. The van der Waals surface area contributed by atoms with Crippen LogP contribution in [0.15, 0.2) is 0 Å². The number of hydrogen-bond acceptors (Lipinski definition) is 4. The van der Waals surface area contributed by atoms with Crippen molar-refractivity contribution in [3.8, 4) is 0 Å². The van der Waals surface area contributed by atoms with E-state index in [1.165, 1.54) is 19.3 Å². The number of nitrogens with zero attached hydrogens (tertiary/aromatic N) is 1. The maximum atomic E-state index is 12.4. The molecule has 19 heavy (non-hydrogen) atoms. The lowest BCUT2D eigenvalue weighted by molar-refractivity contribution is -0.141. The van der Waals surface area contributed by atoms with Gasteiger partial charge < -0.3 is 15.0 Å². The molecule has 2 saturated heterocycles. The SMILES string of the molecule is O=C(CSC1CCNCC1)N1CCOC2CCCC21. The monoisotopic (exact) mass is 284 g/mol. The molecule has 0 aromatic rings. The minimum absolute atomic E-state index is 0.321. The zero-order chi connectivity index (χ0) is 13.1. The van der Waals surface area contributed by atoms with Crippen LogP contribution in [0.4, 0.5) is 0 Å². The second-order valence-electron chi connectivity index (χ2n) is 5.75. The summed E-state index contributed by atoms with van der Waals surface area (Å²) in [6.07, 6.45) is 6.20. The smallest absolute Gasteiger partial charge is 0.232 e. The van der Waals surface area contributed by atoms with Crippen molar-refractivity contribution in [1.82, 2.24) is 10.2 Å². The summed E-state index contributed by atoms with van der Waals surface area (Å²) in [4.78, 5) is 14.5. The molecule has 3 aliphatic rings. The molecular weight excluding hydrogens is 260 g/mol. The number of fused-ring (bicyclic) bond motifs is 1. The highest BCUT2D eigenvalue weighted by molar-refractivity contribution is 8.00. The highest BCUT2D eigenvalue weighted by atomic mass is 32.2. The van der Waals surface area contributed by atoms with E-state index in [4.69, 9.17) is 4.74 Å². The number of thioether (sulfide) groups is 1. The molecule has 2 aliphatic heterocycles. The van der Waals surface area contributed by atoms with Crippen LogP contribution in [-0.2, 0) is 9.53 Å². The molecule has 3 rings (SSSR count). The standard InChI is InChI=1S/C14H24N2O2S/c17-14(10-19-11-4-6-15-7-5-11)16-8-9-18-13-3-1-2-12(13)16/h11-13,15H,1-10H2. The fourth-order valence-corrected chi connectivity index (χ4v) is 4.58. The summed E-state index contributed by atoms with van der Waals surface area (Å²) in [5.41, 5.74) is 0. The summed E-state index contributed by atoms with van der Waals surface area (Å²) in [5.74, 6) is 0.997. The number of carbonyl (C=O) groups is 1. The van der Waals surface area contributed by atoms with E-state index >= 15 is 0 Å². The van der Waals surface area contributed by atoms with Crippen LogP contribution < -0.4 is 5.32 Å². The van der Waals surface area contributed by atoms with E-state index in [1.807, 2.05) is 11.8 Å². The van der Waals surface area contributed by atoms with Gasteiger partial charge in [0.15, 0.2) is 0 Å². The van der Waals surface area contributed by atoms with Crippen LogP contribution in [0.25, 0.3) is 0 Å². The maximum Gasteiger partial charge on any atom is 0.232 e. The molecule has 1 aliphatic carbocycles. The van der Waals surface area contributed by atoms with Crippen LogP contribution in [-0.4, -0.2) is 60.2 Å². The Balaban J connectivity index is 1.48. The molecule has 108 valence electrons. The predicted octanol–water partition coefficient (Wildman–Crippen LogP) is 1.25. The summed E-state index contributed by atoms with van der Waals surface area (Å²) in [5, 5.41) is 4.04. The maximum absolute atomic E-state index is 12.4. The first-order chi connectivity index (χ1) is 9.34. The third kappa shape index (κ3) is 3.26. The van der Waals surface area contributed by atoms with E-state index in [0.29, 0.717) is 29.1 Å². The van der Waals surface area contributed by atoms with Crippen LogP contribution in [0.3, 0.4) is 0 Å². The van der Waals surface area contributed by atoms with Crippen molar-refractivity contribution in [3.63, 3.8) is 0 Å². The number of hydrogen-bond donors (Lipinski definition) is 1. The van der Waals surface area contributed by atoms with Crippen molar-refractivity contribution in [2.45, 2.75) is 49.5 Å². The number of morpholine rings is 1. The molecule has 2 unspecified atom stereocenters. The van der Waals surface area contributed by atoms with Gasteiger partial charge in [-0.2, -0.15) is 0 Å². The first-order valence-corrected chi connectivity index (χ1v) is 8.63. The number of nitrogens with one attached hydrogen (secondary N) is 1. The highest BCUT2D eigenvalue weighted by Crippen LogP contribution is 2.30. The minimum atomic E-state index is 0.321. The molecule has 0 aromatic heterocycles. The van der Waals surface area contributed by atoms with E-state index in [-0.39, 0.29) is 0 Å². The van der Waals surface area contributed by atoms with E-state index in [2.05, 4.69) is 10.2 Å². The average Bonchev–Trinajstić information content (AvgIpc) is 2.94. The quantitative estimate of drug-likeness (QED) is 0.847. The Morgan fingerprint density at radius 2 is 2.11 bits per heavy atom. The molecule has 2 heterocycles. The summed E-state index contributed by atoms with van der Waals surface area (Å²) >= 11 is 1.86. The fourth-order valence-electron chi connectivity index (χ4n) is 3.47. The van der Waals surface area contributed by atoms with Crippen molar-refractivity contribution in [2.75, 3.05) is 32.0 Å². The molecule has 0 aromatic carbocycles. The third-order valence-corrected chi connectivity index (χ3v) is 5.89. The number of amides is 1. The molecule has 0 radical (unpaired) electrons. The Hall–Kier alpha value is -0.260. The Morgan fingerprint density at radius 3 is 2.95 bits per heavy atom. The van der Waals surface area contributed by atoms with Gasteiger partial charge in [-0.25, -0.2) is 0 Å². The number of carbonyl (C=O) groups excluding carboxylic acids is 1. The Morgan fingerprint density at radius 1 is 1.26 bits per heavy atom. The summed E-state index contributed by atoms with van der Waals surface area (Å²) in [6, 6.07) is 0.370. The van der Waals surface area contributed by atoms with Crippen molar-refractivity contribution in [2.24, 2.45) is 0 Å². The molecule has 3 fully saturated rings. The first kappa shape index (κ1) is 13.7. The second-order valence-corrected chi connectivity index (χ2v) is 7.04. The Bertz CT molecular complexity index is 321. The topological polar surface area (TPSA) is 41.6 Å². The van der Waals surface area contributed by atoms with E-state index in [9.17, 15) is 4.79 Å². The van der Waals surface area contributed by atoms with Gasteiger partial charge in [0, 0.05) is 11.8 Å². The number of rotatable bonds is 3. The molecule has 0 bridgehead atoms. The lowest BCUT2D eigenvalue weighted by atomic mass is 10.1. The average molecular weight is 284 g/mol. The van der Waals surface area contributed by atoms with Gasteiger partial charge in [0.05, 0.1) is 24.5 Å². The van der Waals surface area contributed by atoms with Gasteiger partial charge in [-0.05, 0) is 45.2 Å². The molecule has 0 spiro atoms. The van der Waals surface area contributed by atoms with E-state index in [1.54, 1.807) is 0 Å². The molecule has 4 nitrogen and oxygen atoms in total. The van der Waals surface area contributed by atoms with Crippen LogP contribution in [0, 0.1) is 0 Å². The van der Waals surface area contributed by atoms with Crippen LogP contribution in [0.5, 0.6) is 0 Å². The summed E-state index contributed by atoms with van der Waals surface area (Å²) in [6.45, 7) is 3.74. The minimum Gasteiger partial charge on any atom is -0.374 e. The predicted molar refractivity (Wildman–Crippen MR) is 77.4 cm³/mol. The van der Waals surface area contributed by atoms with Crippen LogP contribution in [0.1, 0.15) is 32.1 Å². The van der Waals surface area contributed by atoms with Gasteiger partial charge in [0.1, 0.15) is 0 Å². The Labute approximate surface area is 119 Å². The molecule has 5 heteroatoms. The Kier molecular flexibility index (Phi) is 4.66. The van der Waals surface area contributed by atoms with Crippen molar-refractivity contribution in [3.05, 3.63) is 0 Å². The van der Waals surface area contributed by atoms with E-state index < -0.39 is 0 Å². The summed E-state index contributed by atoms with van der Waals surface area (Å²) in [7, 11) is 0. The molecule has 1 amide bonds. The third-order valence-electron chi connectivity index (χ3n) is 4.53. The van der Waals surface area contributed by atoms with Gasteiger partial charge in [-0.15, -0.1) is 11.8 Å². The van der Waals surface area contributed by atoms with E-state index in [0.717, 1.165) is 39.1 Å². The normalized spacial score (nSPS) is 32.3. The van der Waals surface area contributed by atoms with Crippen molar-refractivity contribution < 1.29 is 9.53 Å². The molecular formula is C14H24N2O2S. The van der Waals surface area contributed by atoms with Gasteiger partial charge in [0.2, 0.25) is 5.91 Å².